The first-order valence-corrected chi connectivity index (χ1v) is 7.39. The highest BCUT2D eigenvalue weighted by molar-refractivity contribution is 5.41. The van der Waals surface area contributed by atoms with Crippen LogP contribution in [0.25, 0.3) is 0 Å². The van der Waals surface area contributed by atoms with Crippen molar-refractivity contribution in [2.45, 2.75) is 38.7 Å². The first kappa shape index (κ1) is 14.9. The molecule has 0 bridgehead atoms. The predicted molar refractivity (Wildman–Crippen MR) is 74.0 cm³/mol. The van der Waals surface area contributed by atoms with Crippen LogP contribution in [0, 0.1) is 5.92 Å². The van der Waals surface area contributed by atoms with Crippen LogP contribution in [0.3, 0.4) is 0 Å². The Hall–Kier alpha value is -1.07. The fourth-order valence-electron chi connectivity index (χ4n) is 3.55. The summed E-state index contributed by atoms with van der Waals surface area (Å²) < 4.78 is 45.0. The van der Waals surface area contributed by atoms with E-state index in [-0.39, 0.29) is 18.6 Å². The van der Waals surface area contributed by atoms with Crippen molar-refractivity contribution in [3.63, 3.8) is 0 Å². The Morgan fingerprint density at radius 3 is 2.71 bits per heavy atom. The lowest BCUT2D eigenvalue weighted by Crippen LogP contribution is -2.29. The molecule has 0 spiro atoms. The first-order valence-electron chi connectivity index (χ1n) is 7.39. The Kier molecular flexibility index (Phi) is 3.74. The fourth-order valence-corrected chi connectivity index (χ4v) is 3.55. The molecule has 0 amide bonds. The van der Waals surface area contributed by atoms with Crippen molar-refractivity contribution in [2.75, 3.05) is 19.6 Å². The minimum atomic E-state index is -4.31. The molecule has 3 rings (SSSR count). The van der Waals surface area contributed by atoms with Gasteiger partial charge >= 0.3 is 6.18 Å². The highest BCUT2D eigenvalue weighted by Crippen LogP contribution is 2.42. The Bertz CT molecular complexity index is 527. The molecule has 0 N–H and O–H groups in total. The number of nitrogens with zero attached hydrogens (tertiary/aromatic N) is 1. The second-order valence-corrected chi connectivity index (χ2v) is 6.44. The molecule has 0 aliphatic carbocycles. The quantitative estimate of drug-likeness (QED) is 0.826. The summed E-state index contributed by atoms with van der Waals surface area (Å²) in [6, 6.07) is 4.52. The number of halogens is 3. The van der Waals surface area contributed by atoms with Crippen LogP contribution < -0.4 is 0 Å². The molecule has 5 heteroatoms. The highest BCUT2D eigenvalue weighted by Gasteiger charge is 2.42. The second kappa shape index (κ2) is 5.29. The van der Waals surface area contributed by atoms with Crippen molar-refractivity contribution in [3.05, 3.63) is 34.9 Å². The summed E-state index contributed by atoms with van der Waals surface area (Å²) in [5.41, 5.74) is 0.616. The number of rotatable bonds is 2. The number of hydrogen-bond donors (Lipinski definition) is 0. The molecule has 1 fully saturated rings. The van der Waals surface area contributed by atoms with Gasteiger partial charge in [0.05, 0.1) is 18.3 Å². The zero-order valence-electron chi connectivity index (χ0n) is 12.3. The summed E-state index contributed by atoms with van der Waals surface area (Å²) in [5.74, 6) is 0.612. The average Bonchev–Trinajstić information content (AvgIpc) is 2.78. The molecule has 1 saturated heterocycles. The minimum absolute atomic E-state index is 0.0275. The molecule has 0 aromatic heterocycles. The molecule has 0 saturated carbocycles. The van der Waals surface area contributed by atoms with Gasteiger partial charge in [0.1, 0.15) is 0 Å². The van der Waals surface area contributed by atoms with Crippen LogP contribution in [-0.2, 0) is 17.5 Å². The lowest BCUT2D eigenvalue weighted by atomic mass is 9.87. The molecule has 21 heavy (non-hydrogen) atoms. The molecule has 0 radical (unpaired) electrons. The Morgan fingerprint density at radius 1 is 1.29 bits per heavy atom. The van der Waals surface area contributed by atoms with Crippen molar-refractivity contribution in [1.82, 2.24) is 4.90 Å². The van der Waals surface area contributed by atoms with Crippen LogP contribution in [0.4, 0.5) is 13.2 Å². The van der Waals surface area contributed by atoms with E-state index in [1.54, 1.807) is 0 Å². The van der Waals surface area contributed by atoms with E-state index in [1.165, 1.54) is 6.07 Å². The number of ether oxygens (including phenoxy) is 1. The standard InChI is InChI=1S/C16H20F3NO/c1-10(2)6-20-7-12-11-4-3-5-14(16(17,18)19)13(11)9-21-15(12)8-20/h3-5,10,12,15H,6-9H2,1-2H3. The maximum atomic E-state index is 13.1. The van der Waals surface area contributed by atoms with Crippen molar-refractivity contribution >= 4 is 0 Å². The van der Waals surface area contributed by atoms with Gasteiger partial charge in [-0.3, -0.25) is 4.90 Å². The lowest BCUT2D eigenvalue weighted by molar-refractivity contribution is -0.139. The van der Waals surface area contributed by atoms with Gasteiger partial charge in [-0.2, -0.15) is 13.2 Å². The van der Waals surface area contributed by atoms with E-state index in [1.807, 2.05) is 6.07 Å². The van der Waals surface area contributed by atoms with Gasteiger partial charge in [-0.1, -0.05) is 26.0 Å². The van der Waals surface area contributed by atoms with Crippen LogP contribution in [-0.4, -0.2) is 30.6 Å². The summed E-state index contributed by atoms with van der Waals surface area (Å²) in [5, 5.41) is 0. The largest absolute Gasteiger partial charge is 0.416 e. The van der Waals surface area contributed by atoms with E-state index in [2.05, 4.69) is 18.7 Å². The molecule has 1 aromatic rings. The van der Waals surface area contributed by atoms with Crippen LogP contribution in [0.1, 0.15) is 36.5 Å². The summed E-state index contributed by atoms with van der Waals surface area (Å²) >= 11 is 0. The van der Waals surface area contributed by atoms with Crippen LogP contribution in [0.15, 0.2) is 18.2 Å². The van der Waals surface area contributed by atoms with Gasteiger partial charge in [0, 0.05) is 25.6 Å². The van der Waals surface area contributed by atoms with Crippen molar-refractivity contribution in [1.29, 1.82) is 0 Å². The van der Waals surface area contributed by atoms with Crippen LogP contribution >= 0.6 is 0 Å². The molecule has 2 nitrogen and oxygen atoms in total. The van der Waals surface area contributed by atoms with Crippen LogP contribution in [0.5, 0.6) is 0 Å². The Balaban J connectivity index is 1.90. The van der Waals surface area contributed by atoms with Gasteiger partial charge in [0.2, 0.25) is 0 Å². The molecule has 2 aliphatic rings. The van der Waals surface area contributed by atoms with Gasteiger partial charge < -0.3 is 4.74 Å². The fraction of sp³-hybridized carbons (Fsp3) is 0.625. The van der Waals surface area contributed by atoms with E-state index >= 15 is 0 Å². The monoisotopic (exact) mass is 299 g/mol. The third kappa shape index (κ3) is 2.81. The third-order valence-electron chi connectivity index (χ3n) is 4.32. The lowest BCUT2D eigenvalue weighted by Gasteiger charge is -2.29. The molecule has 2 aliphatic heterocycles. The average molecular weight is 299 g/mol. The zero-order valence-corrected chi connectivity index (χ0v) is 12.3. The number of fused-ring (bicyclic) bond motifs is 3. The maximum Gasteiger partial charge on any atom is 0.416 e. The second-order valence-electron chi connectivity index (χ2n) is 6.44. The van der Waals surface area contributed by atoms with Gasteiger partial charge in [-0.25, -0.2) is 0 Å². The van der Waals surface area contributed by atoms with Gasteiger partial charge in [0.25, 0.3) is 0 Å². The van der Waals surface area contributed by atoms with E-state index in [0.29, 0.717) is 11.5 Å². The molecule has 116 valence electrons. The number of benzene rings is 1. The Morgan fingerprint density at radius 2 is 2.05 bits per heavy atom. The summed E-state index contributed by atoms with van der Waals surface area (Å²) in [6.07, 6.45) is -4.28. The SMILES string of the molecule is CC(C)CN1CC2OCc3c(cccc3C(F)(F)F)C2C1. The van der Waals surface area contributed by atoms with Gasteiger partial charge in [-0.05, 0) is 23.1 Å². The number of hydrogen-bond acceptors (Lipinski definition) is 2. The summed E-state index contributed by atoms with van der Waals surface area (Å²) in [4.78, 5) is 2.30. The van der Waals surface area contributed by atoms with E-state index in [9.17, 15) is 13.2 Å². The number of likely N-dealkylation sites (tertiary alicyclic amines) is 1. The first-order chi connectivity index (χ1) is 9.86. The molecular formula is C16H20F3NO. The third-order valence-corrected chi connectivity index (χ3v) is 4.32. The molecule has 2 heterocycles. The van der Waals surface area contributed by atoms with Crippen molar-refractivity contribution in [2.24, 2.45) is 5.92 Å². The normalized spacial score (nSPS) is 26.0. The highest BCUT2D eigenvalue weighted by atomic mass is 19.4. The van der Waals surface area contributed by atoms with Gasteiger partial charge in [-0.15, -0.1) is 0 Å². The van der Waals surface area contributed by atoms with E-state index in [4.69, 9.17) is 4.74 Å². The molecular weight excluding hydrogens is 279 g/mol. The van der Waals surface area contributed by atoms with Crippen LogP contribution in [0.2, 0.25) is 0 Å². The van der Waals surface area contributed by atoms with Crippen molar-refractivity contribution < 1.29 is 17.9 Å². The Labute approximate surface area is 122 Å². The number of alkyl halides is 3. The smallest absolute Gasteiger partial charge is 0.371 e. The van der Waals surface area contributed by atoms with E-state index in [0.717, 1.165) is 31.3 Å². The summed E-state index contributed by atoms with van der Waals surface area (Å²) in [6.45, 7) is 6.94. The van der Waals surface area contributed by atoms with Crippen molar-refractivity contribution in [3.8, 4) is 0 Å². The van der Waals surface area contributed by atoms with E-state index < -0.39 is 11.7 Å². The topological polar surface area (TPSA) is 12.5 Å². The van der Waals surface area contributed by atoms with Gasteiger partial charge in [0.15, 0.2) is 0 Å². The predicted octanol–water partition coefficient (Wildman–Crippen LogP) is 3.66. The molecule has 2 atom stereocenters. The minimum Gasteiger partial charge on any atom is -0.371 e. The molecule has 1 aromatic carbocycles. The molecule has 2 unspecified atom stereocenters. The summed E-state index contributed by atoms with van der Waals surface area (Å²) in [7, 11) is 0. The maximum absolute atomic E-state index is 13.1. The zero-order chi connectivity index (χ0) is 15.2.